The molecule has 2 saturated heterocycles. The van der Waals surface area contributed by atoms with Crippen molar-refractivity contribution in [3.8, 4) is 0 Å². The molecule has 0 aromatic heterocycles. The van der Waals surface area contributed by atoms with Gasteiger partial charge in [-0.25, -0.2) is 0 Å². The average molecular weight is 329 g/mol. The molecule has 2 fully saturated rings. The molecule has 2 rings (SSSR count). The van der Waals surface area contributed by atoms with E-state index in [9.17, 15) is 0 Å². The van der Waals surface area contributed by atoms with Crippen LogP contribution in [0.15, 0.2) is 0 Å². The van der Waals surface area contributed by atoms with Gasteiger partial charge in [0.25, 0.3) is 0 Å². The molecule has 2 aliphatic heterocycles. The summed E-state index contributed by atoms with van der Waals surface area (Å²) in [6.07, 6.45) is 0. The summed E-state index contributed by atoms with van der Waals surface area (Å²) in [7, 11) is 4.39. The van der Waals surface area contributed by atoms with Crippen LogP contribution in [0.1, 0.15) is 49.0 Å². The number of hydrogen-bond donors (Lipinski definition) is 0. The molecule has 0 N–H and O–H groups in total. The van der Waals surface area contributed by atoms with Crippen LogP contribution in [0, 0.1) is 0 Å². The molecule has 0 aromatic carbocycles. The highest BCUT2D eigenvalue weighted by molar-refractivity contribution is 4.81. The molecule has 4 nitrogen and oxygen atoms in total. The number of hydrogen-bond acceptors (Lipinski definition) is 4. The van der Waals surface area contributed by atoms with Gasteiger partial charge in [-0.05, 0) is 55.6 Å². The van der Waals surface area contributed by atoms with Gasteiger partial charge in [0, 0.05) is 63.4 Å². The fourth-order valence-electron chi connectivity index (χ4n) is 2.95. The lowest BCUT2D eigenvalue weighted by atomic mass is 10.1. The van der Waals surface area contributed by atoms with Crippen LogP contribution >= 0.6 is 0 Å². The first kappa shape index (κ1) is 22.8. The van der Waals surface area contributed by atoms with Crippen molar-refractivity contribution in [1.82, 2.24) is 19.6 Å². The first-order valence-electron chi connectivity index (χ1n) is 8.87. The van der Waals surface area contributed by atoms with Crippen LogP contribution in [-0.4, -0.2) is 97.1 Å². The van der Waals surface area contributed by atoms with E-state index in [1.54, 1.807) is 0 Å². The van der Waals surface area contributed by atoms with Crippen LogP contribution in [0.25, 0.3) is 0 Å². The van der Waals surface area contributed by atoms with E-state index in [1.165, 1.54) is 52.4 Å². The third-order valence-corrected chi connectivity index (χ3v) is 4.90. The van der Waals surface area contributed by atoms with Gasteiger partial charge in [0.15, 0.2) is 0 Å². The highest BCUT2D eigenvalue weighted by atomic mass is 15.3. The van der Waals surface area contributed by atoms with Crippen LogP contribution < -0.4 is 0 Å². The van der Waals surface area contributed by atoms with Crippen molar-refractivity contribution in [2.45, 2.75) is 60.0 Å². The molecule has 23 heavy (non-hydrogen) atoms. The van der Waals surface area contributed by atoms with Gasteiger partial charge in [-0.2, -0.15) is 0 Å². The van der Waals surface area contributed by atoms with Gasteiger partial charge in [-0.1, -0.05) is 7.43 Å². The summed E-state index contributed by atoms with van der Waals surface area (Å²) in [4.78, 5) is 9.88. The lowest BCUT2D eigenvalue weighted by Crippen LogP contribution is -2.52. The Bertz CT molecular complexity index is 268. The van der Waals surface area contributed by atoms with Crippen LogP contribution in [-0.2, 0) is 0 Å². The monoisotopic (exact) mass is 328 g/mol. The lowest BCUT2D eigenvalue weighted by Gasteiger charge is -2.41. The van der Waals surface area contributed by atoms with Crippen LogP contribution in [0.4, 0.5) is 0 Å². The highest BCUT2D eigenvalue weighted by Gasteiger charge is 2.24. The van der Waals surface area contributed by atoms with Gasteiger partial charge in [0.2, 0.25) is 0 Å². The molecule has 0 unspecified atom stereocenters. The summed E-state index contributed by atoms with van der Waals surface area (Å²) in [6, 6.07) is 0. The normalized spacial score (nSPS) is 23.0. The molecule has 0 saturated carbocycles. The lowest BCUT2D eigenvalue weighted by molar-refractivity contribution is 0.0734. The Kier molecular flexibility index (Phi) is 9.29. The molecule has 0 atom stereocenters. The Morgan fingerprint density at radius 3 is 0.870 bits per heavy atom. The average Bonchev–Trinajstić information content (AvgIpc) is 2.38. The van der Waals surface area contributed by atoms with Crippen molar-refractivity contribution in [3.63, 3.8) is 0 Å². The van der Waals surface area contributed by atoms with E-state index in [1.807, 2.05) is 0 Å². The molecule has 0 radical (unpaired) electrons. The van der Waals surface area contributed by atoms with E-state index >= 15 is 0 Å². The van der Waals surface area contributed by atoms with Crippen molar-refractivity contribution in [3.05, 3.63) is 0 Å². The number of piperazine rings is 2. The quantitative estimate of drug-likeness (QED) is 0.678. The van der Waals surface area contributed by atoms with Crippen LogP contribution in [0.2, 0.25) is 0 Å². The smallest absolute Gasteiger partial charge is 0.0126 e. The summed E-state index contributed by atoms with van der Waals surface area (Å²) in [5.74, 6) is 0. The van der Waals surface area contributed by atoms with Crippen LogP contribution in [0.3, 0.4) is 0 Å². The molecule has 4 heteroatoms. The third-order valence-electron chi connectivity index (χ3n) is 4.90. The van der Waals surface area contributed by atoms with E-state index in [2.05, 4.69) is 75.2 Å². The standard InChI is InChI=1S/2C9H20N2.CH4/c2*1-9(2,3)11-7-5-10(4)6-8-11;/h2*5-8H2,1-4H3;1H4. The van der Waals surface area contributed by atoms with Gasteiger partial charge in [-0.3, -0.25) is 9.80 Å². The Morgan fingerprint density at radius 2 is 0.696 bits per heavy atom. The van der Waals surface area contributed by atoms with E-state index in [4.69, 9.17) is 0 Å². The largest absolute Gasteiger partial charge is 0.304 e. The highest BCUT2D eigenvalue weighted by Crippen LogP contribution is 2.15. The molecule has 2 heterocycles. The first-order valence-corrected chi connectivity index (χ1v) is 8.87. The number of nitrogens with zero attached hydrogens (tertiary/aromatic N) is 4. The van der Waals surface area contributed by atoms with Gasteiger partial charge < -0.3 is 9.80 Å². The molecule has 0 amide bonds. The van der Waals surface area contributed by atoms with E-state index in [0.29, 0.717) is 11.1 Å². The zero-order chi connectivity index (χ0) is 17.0. The molecular weight excluding hydrogens is 284 g/mol. The van der Waals surface area contributed by atoms with Gasteiger partial charge >= 0.3 is 0 Å². The molecule has 0 bridgehead atoms. The predicted molar refractivity (Wildman–Crippen MR) is 104 cm³/mol. The second-order valence-corrected chi connectivity index (χ2v) is 8.92. The van der Waals surface area contributed by atoms with Crippen molar-refractivity contribution >= 4 is 0 Å². The van der Waals surface area contributed by atoms with Crippen molar-refractivity contribution in [1.29, 1.82) is 0 Å². The Balaban J connectivity index is 0.000000403. The summed E-state index contributed by atoms with van der Waals surface area (Å²) in [5.41, 5.74) is 0.725. The zero-order valence-electron chi connectivity index (χ0n) is 16.4. The molecular formula is C19H44N4. The zero-order valence-corrected chi connectivity index (χ0v) is 16.4. The second kappa shape index (κ2) is 9.36. The second-order valence-electron chi connectivity index (χ2n) is 8.92. The third kappa shape index (κ3) is 8.48. The molecule has 140 valence electrons. The van der Waals surface area contributed by atoms with E-state index in [-0.39, 0.29) is 7.43 Å². The van der Waals surface area contributed by atoms with Gasteiger partial charge in [-0.15, -0.1) is 0 Å². The summed E-state index contributed by atoms with van der Waals surface area (Å²) in [5, 5.41) is 0. The van der Waals surface area contributed by atoms with Gasteiger partial charge in [0.1, 0.15) is 0 Å². The van der Waals surface area contributed by atoms with Crippen molar-refractivity contribution < 1.29 is 0 Å². The Hall–Kier alpha value is -0.160. The fraction of sp³-hybridized carbons (Fsp3) is 1.00. The number of likely N-dealkylation sites (N-methyl/N-ethyl adjacent to an activating group) is 2. The minimum absolute atomic E-state index is 0. The number of rotatable bonds is 0. The molecule has 0 aromatic rings. The maximum absolute atomic E-state index is 2.55. The maximum atomic E-state index is 2.55. The Labute approximate surface area is 146 Å². The summed E-state index contributed by atoms with van der Waals surface area (Å²) >= 11 is 0. The van der Waals surface area contributed by atoms with Crippen molar-refractivity contribution in [2.24, 2.45) is 0 Å². The fourth-order valence-corrected chi connectivity index (χ4v) is 2.95. The molecule has 2 aliphatic rings. The molecule has 0 aliphatic carbocycles. The molecule has 0 spiro atoms. The minimum atomic E-state index is 0. The van der Waals surface area contributed by atoms with E-state index < -0.39 is 0 Å². The first-order chi connectivity index (χ1) is 10.00. The topological polar surface area (TPSA) is 13.0 Å². The maximum Gasteiger partial charge on any atom is 0.0126 e. The van der Waals surface area contributed by atoms with E-state index in [0.717, 1.165) is 0 Å². The minimum Gasteiger partial charge on any atom is -0.304 e. The predicted octanol–water partition coefficient (Wildman–Crippen LogP) is 2.70. The SMILES string of the molecule is C.CN1CCN(C(C)(C)C)CC1.CN1CCN(C(C)(C)C)CC1. The van der Waals surface area contributed by atoms with Crippen LogP contribution in [0.5, 0.6) is 0 Å². The van der Waals surface area contributed by atoms with Gasteiger partial charge in [0.05, 0.1) is 0 Å². The Morgan fingerprint density at radius 1 is 0.478 bits per heavy atom. The summed E-state index contributed by atoms with van der Waals surface area (Å²) < 4.78 is 0. The summed E-state index contributed by atoms with van der Waals surface area (Å²) in [6.45, 7) is 23.5. The van der Waals surface area contributed by atoms with Crippen molar-refractivity contribution in [2.75, 3.05) is 66.5 Å².